The summed E-state index contributed by atoms with van der Waals surface area (Å²) >= 11 is 0. The van der Waals surface area contributed by atoms with E-state index in [2.05, 4.69) is 4.98 Å². The van der Waals surface area contributed by atoms with Crippen LogP contribution in [0.25, 0.3) is 10.9 Å². The number of fused-ring (bicyclic) bond motifs is 1. The van der Waals surface area contributed by atoms with Gasteiger partial charge in [0.05, 0.1) is 12.1 Å². The smallest absolute Gasteiger partial charge is 0.225 e. The summed E-state index contributed by atoms with van der Waals surface area (Å²) in [6.07, 6.45) is 2.58. The maximum Gasteiger partial charge on any atom is 0.225 e. The van der Waals surface area contributed by atoms with E-state index in [1.54, 1.807) is 0 Å². The van der Waals surface area contributed by atoms with Crippen molar-refractivity contribution in [2.24, 2.45) is 5.92 Å². The molecule has 0 unspecified atom stereocenters. The Morgan fingerprint density at radius 2 is 1.96 bits per heavy atom. The number of pyridine rings is 1. The number of ether oxygens (including phenoxy) is 2. The minimum absolute atomic E-state index is 0.0300. The molecule has 1 atom stereocenters. The Morgan fingerprint density at radius 3 is 2.83 bits per heavy atom. The van der Waals surface area contributed by atoms with Crippen molar-refractivity contribution in [1.29, 1.82) is 0 Å². The van der Waals surface area contributed by atoms with Crippen LogP contribution in [0.3, 0.4) is 0 Å². The minimum Gasteiger partial charge on any atom is -0.472 e. The van der Waals surface area contributed by atoms with Gasteiger partial charge in [0.25, 0.3) is 0 Å². The van der Waals surface area contributed by atoms with E-state index in [0.717, 1.165) is 36.7 Å². The molecule has 1 aromatic heterocycles. The standard InChI is InChI=1S/C19H22N2O3/c22-19(15-8-11-23-12-9-15)21-10-7-16(13-21)24-18-6-5-14-3-1-2-4-17(14)20-18/h1-6,15-16H,7-13H2/t16-/m1/s1. The molecule has 2 fully saturated rings. The van der Waals surface area contributed by atoms with Gasteiger partial charge in [-0.2, -0.15) is 0 Å². The van der Waals surface area contributed by atoms with E-state index in [0.29, 0.717) is 25.6 Å². The van der Waals surface area contributed by atoms with Gasteiger partial charge in [-0.25, -0.2) is 4.98 Å². The summed E-state index contributed by atoms with van der Waals surface area (Å²) in [6.45, 7) is 2.83. The highest BCUT2D eigenvalue weighted by atomic mass is 16.5. The van der Waals surface area contributed by atoms with Crippen LogP contribution in [0, 0.1) is 5.92 Å². The highest BCUT2D eigenvalue weighted by Crippen LogP contribution is 2.23. The van der Waals surface area contributed by atoms with Crippen molar-refractivity contribution in [1.82, 2.24) is 9.88 Å². The first-order valence-corrected chi connectivity index (χ1v) is 8.68. The van der Waals surface area contributed by atoms with Gasteiger partial charge in [0.15, 0.2) is 0 Å². The van der Waals surface area contributed by atoms with Gasteiger partial charge in [-0.15, -0.1) is 0 Å². The Kier molecular flexibility index (Phi) is 4.34. The van der Waals surface area contributed by atoms with Crippen LogP contribution >= 0.6 is 0 Å². The first-order chi connectivity index (χ1) is 11.8. The molecule has 2 saturated heterocycles. The second-order valence-electron chi connectivity index (χ2n) is 6.54. The minimum atomic E-state index is 0.0300. The zero-order valence-corrected chi connectivity index (χ0v) is 13.7. The van der Waals surface area contributed by atoms with Crippen molar-refractivity contribution in [3.63, 3.8) is 0 Å². The maximum absolute atomic E-state index is 12.6. The van der Waals surface area contributed by atoms with Crippen molar-refractivity contribution in [3.05, 3.63) is 36.4 Å². The van der Waals surface area contributed by atoms with Gasteiger partial charge in [0.2, 0.25) is 11.8 Å². The number of rotatable bonds is 3. The number of nitrogens with zero attached hydrogens (tertiary/aromatic N) is 2. The lowest BCUT2D eigenvalue weighted by atomic mass is 9.99. The summed E-state index contributed by atoms with van der Waals surface area (Å²) in [5, 5.41) is 1.10. The van der Waals surface area contributed by atoms with Crippen molar-refractivity contribution in [3.8, 4) is 5.88 Å². The molecule has 0 aliphatic carbocycles. The van der Waals surface area contributed by atoms with Crippen molar-refractivity contribution >= 4 is 16.8 Å². The summed E-state index contributed by atoms with van der Waals surface area (Å²) in [5.74, 6) is 1.02. The first kappa shape index (κ1) is 15.4. The van der Waals surface area contributed by atoms with Crippen molar-refractivity contribution < 1.29 is 14.3 Å². The number of hydrogen-bond acceptors (Lipinski definition) is 4. The van der Waals surface area contributed by atoms with E-state index in [-0.39, 0.29) is 17.9 Å². The predicted molar refractivity (Wildman–Crippen MR) is 90.9 cm³/mol. The third-order valence-electron chi connectivity index (χ3n) is 4.89. The van der Waals surface area contributed by atoms with Gasteiger partial charge in [0.1, 0.15) is 6.10 Å². The quantitative estimate of drug-likeness (QED) is 0.870. The van der Waals surface area contributed by atoms with Crippen LogP contribution in [0.5, 0.6) is 5.88 Å². The molecular weight excluding hydrogens is 304 g/mol. The Labute approximate surface area is 141 Å². The number of aromatic nitrogens is 1. The number of amides is 1. The number of benzene rings is 1. The number of carbonyl (C=O) groups is 1. The summed E-state index contributed by atoms with van der Waals surface area (Å²) < 4.78 is 11.4. The molecule has 2 aliphatic rings. The molecule has 1 amide bonds. The fourth-order valence-corrected chi connectivity index (χ4v) is 3.51. The largest absolute Gasteiger partial charge is 0.472 e. The van der Waals surface area contributed by atoms with E-state index < -0.39 is 0 Å². The number of para-hydroxylation sites is 1. The predicted octanol–water partition coefficient (Wildman–Crippen LogP) is 2.64. The average molecular weight is 326 g/mol. The lowest BCUT2D eigenvalue weighted by Crippen LogP contribution is -2.38. The van der Waals surface area contributed by atoms with E-state index in [4.69, 9.17) is 9.47 Å². The molecular formula is C19H22N2O3. The first-order valence-electron chi connectivity index (χ1n) is 8.68. The molecule has 1 aromatic carbocycles. The van der Waals surface area contributed by atoms with E-state index in [9.17, 15) is 4.79 Å². The summed E-state index contributed by atoms with van der Waals surface area (Å²) in [7, 11) is 0. The lowest BCUT2D eigenvalue weighted by molar-refractivity contribution is -0.137. The molecule has 0 radical (unpaired) electrons. The maximum atomic E-state index is 12.6. The molecule has 5 nitrogen and oxygen atoms in total. The molecule has 2 aromatic rings. The molecule has 5 heteroatoms. The zero-order valence-electron chi connectivity index (χ0n) is 13.7. The third kappa shape index (κ3) is 3.22. The normalized spacial score (nSPS) is 22.0. The van der Waals surface area contributed by atoms with Gasteiger partial charge in [-0.05, 0) is 25.0 Å². The highest BCUT2D eigenvalue weighted by molar-refractivity contribution is 5.79. The Balaban J connectivity index is 1.38. The fraction of sp³-hybridized carbons (Fsp3) is 0.474. The molecule has 0 saturated carbocycles. The van der Waals surface area contributed by atoms with Crippen LogP contribution in [0.15, 0.2) is 36.4 Å². The lowest BCUT2D eigenvalue weighted by Gasteiger charge is -2.26. The molecule has 24 heavy (non-hydrogen) atoms. The van der Waals surface area contributed by atoms with Crippen molar-refractivity contribution in [2.75, 3.05) is 26.3 Å². The Hall–Kier alpha value is -2.14. The summed E-state index contributed by atoms with van der Waals surface area (Å²) in [4.78, 5) is 19.1. The fourth-order valence-electron chi connectivity index (χ4n) is 3.51. The van der Waals surface area contributed by atoms with Gasteiger partial charge >= 0.3 is 0 Å². The second-order valence-corrected chi connectivity index (χ2v) is 6.54. The number of carbonyl (C=O) groups excluding carboxylic acids is 1. The molecule has 3 heterocycles. The topological polar surface area (TPSA) is 51.7 Å². The third-order valence-corrected chi connectivity index (χ3v) is 4.89. The number of likely N-dealkylation sites (tertiary alicyclic amines) is 1. The molecule has 0 N–H and O–H groups in total. The van der Waals surface area contributed by atoms with Gasteiger partial charge in [-0.3, -0.25) is 4.79 Å². The second kappa shape index (κ2) is 6.77. The Morgan fingerprint density at radius 1 is 1.12 bits per heavy atom. The SMILES string of the molecule is O=C(C1CCOCC1)N1CC[C@@H](Oc2ccc3ccccc3n2)C1. The highest BCUT2D eigenvalue weighted by Gasteiger charge is 2.32. The summed E-state index contributed by atoms with van der Waals surface area (Å²) in [5.41, 5.74) is 0.933. The molecule has 4 rings (SSSR count). The summed E-state index contributed by atoms with van der Waals surface area (Å²) in [6, 6.07) is 11.9. The zero-order chi connectivity index (χ0) is 16.4. The Bertz CT molecular complexity index is 727. The molecule has 2 aliphatic heterocycles. The van der Waals surface area contributed by atoms with Crippen LogP contribution in [0.2, 0.25) is 0 Å². The molecule has 0 spiro atoms. The van der Waals surface area contributed by atoms with Crippen LogP contribution in [-0.4, -0.2) is 48.2 Å². The van der Waals surface area contributed by atoms with E-state index in [1.165, 1.54) is 0 Å². The molecule has 126 valence electrons. The van der Waals surface area contributed by atoms with Gasteiger partial charge < -0.3 is 14.4 Å². The van der Waals surface area contributed by atoms with Crippen LogP contribution < -0.4 is 4.74 Å². The van der Waals surface area contributed by atoms with Crippen molar-refractivity contribution in [2.45, 2.75) is 25.4 Å². The van der Waals surface area contributed by atoms with Crippen LogP contribution in [0.4, 0.5) is 0 Å². The van der Waals surface area contributed by atoms with Gasteiger partial charge in [-0.1, -0.05) is 18.2 Å². The average Bonchev–Trinajstić information content (AvgIpc) is 3.10. The van der Waals surface area contributed by atoms with E-state index >= 15 is 0 Å². The molecule has 0 bridgehead atoms. The van der Waals surface area contributed by atoms with Gasteiger partial charge in [0, 0.05) is 43.5 Å². The van der Waals surface area contributed by atoms with Crippen LogP contribution in [0.1, 0.15) is 19.3 Å². The van der Waals surface area contributed by atoms with E-state index in [1.807, 2.05) is 41.3 Å². The monoisotopic (exact) mass is 326 g/mol. The number of hydrogen-bond donors (Lipinski definition) is 0. The van der Waals surface area contributed by atoms with Crippen LogP contribution in [-0.2, 0) is 9.53 Å².